The van der Waals surface area contributed by atoms with Gasteiger partial charge in [0.2, 0.25) is 0 Å². The number of hydrogen-bond acceptors (Lipinski definition) is 2. The third-order valence-corrected chi connectivity index (χ3v) is 4.03. The Morgan fingerprint density at radius 3 is 2.48 bits per heavy atom. The fraction of sp³-hybridized carbons (Fsp3) is 0.333. The molecule has 0 amide bonds. The smallest absolute Gasteiger partial charge is 0.0914 e. The van der Waals surface area contributed by atoms with E-state index >= 15 is 0 Å². The van der Waals surface area contributed by atoms with Gasteiger partial charge in [0.1, 0.15) is 0 Å². The second kappa shape index (κ2) is 5.51. The topological polar surface area (TPSA) is 37.2 Å². The van der Waals surface area contributed by atoms with Crippen LogP contribution in [0, 0.1) is 0 Å². The highest BCUT2D eigenvalue weighted by atomic mass is 16.3. The first-order chi connectivity index (χ1) is 10.1. The number of aromatic nitrogens is 1. The van der Waals surface area contributed by atoms with E-state index < -0.39 is 6.10 Å². The van der Waals surface area contributed by atoms with Crippen LogP contribution in [0.15, 0.2) is 42.5 Å². The quantitative estimate of drug-likeness (QED) is 0.767. The van der Waals surface area contributed by atoms with Crippen LogP contribution in [0.1, 0.15) is 31.6 Å². The molecule has 0 saturated carbocycles. The van der Waals surface area contributed by atoms with Crippen LogP contribution in [0.3, 0.4) is 0 Å². The van der Waals surface area contributed by atoms with E-state index in [1.54, 1.807) is 0 Å². The van der Waals surface area contributed by atoms with Crippen molar-refractivity contribution in [2.75, 3.05) is 13.6 Å². The van der Waals surface area contributed by atoms with Gasteiger partial charge < -0.3 is 15.0 Å². The molecule has 0 fully saturated rings. The number of fused-ring (bicyclic) bond motifs is 3. The van der Waals surface area contributed by atoms with Gasteiger partial charge in [0, 0.05) is 34.4 Å². The molecule has 0 aliphatic carbocycles. The number of aliphatic hydroxyl groups excluding tert-OH is 1. The molecule has 1 aromatic heterocycles. The lowest BCUT2D eigenvalue weighted by Crippen LogP contribution is -2.16. The summed E-state index contributed by atoms with van der Waals surface area (Å²) in [5.41, 5.74) is 3.44. The zero-order valence-corrected chi connectivity index (χ0v) is 12.8. The molecule has 0 spiro atoms. The van der Waals surface area contributed by atoms with Crippen LogP contribution in [0.5, 0.6) is 0 Å². The van der Waals surface area contributed by atoms with Crippen LogP contribution < -0.4 is 5.32 Å². The molecule has 1 atom stereocenters. The average molecular weight is 282 g/mol. The van der Waals surface area contributed by atoms with Crippen molar-refractivity contribution < 1.29 is 5.11 Å². The molecule has 0 bridgehead atoms. The number of benzene rings is 2. The molecule has 2 aromatic carbocycles. The fourth-order valence-electron chi connectivity index (χ4n) is 3.10. The molecule has 0 aliphatic heterocycles. The molecular weight excluding hydrogens is 260 g/mol. The van der Waals surface area contributed by atoms with Crippen molar-refractivity contribution in [3.8, 4) is 0 Å². The van der Waals surface area contributed by atoms with Gasteiger partial charge in [-0.25, -0.2) is 0 Å². The first-order valence-electron chi connectivity index (χ1n) is 7.48. The number of hydrogen-bond donors (Lipinski definition) is 2. The van der Waals surface area contributed by atoms with E-state index in [-0.39, 0.29) is 0 Å². The lowest BCUT2D eigenvalue weighted by molar-refractivity contribution is 0.178. The number of nitrogens with one attached hydrogen (secondary N) is 1. The predicted octanol–water partition coefficient (Wildman–Crippen LogP) is 3.63. The summed E-state index contributed by atoms with van der Waals surface area (Å²) in [6, 6.07) is 15.2. The normalized spacial score (nSPS) is 13.4. The van der Waals surface area contributed by atoms with Crippen molar-refractivity contribution in [1.29, 1.82) is 0 Å². The Kier molecular flexibility index (Phi) is 3.70. The van der Waals surface area contributed by atoms with Crippen molar-refractivity contribution >= 4 is 21.8 Å². The Labute approximate surface area is 125 Å². The molecule has 3 nitrogen and oxygen atoms in total. The number of rotatable bonds is 4. The monoisotopic (exact) mass is 282 g/mol. The first kappa shape index (κ1) is 14.1. The third kappa shape index (κ3) is 2.33. The third-order valence-electron chi connectivity index (χ3n) is 4.03. The predicted molar refractivity (Wildman–Crippen MR) is 88.7 cm³/mol. The van der Waals surface area contributed by atoms with Gasteiger partial charge >= 0.3 is 0 Å². The maximum Gasteiger partial charge on any atom is 0.0914 e. The number of para-hydroxylation sites is 1. The Hall–Kier alpha value is -1.84. The van der Waals surface area contributed by atoms with E-state index in [0.29, 0.717) is 12.6 Å². The van der Waals surface area contributed by atoms with Crippen molar-refractivity contribution in [3.05, 3.63) is 48.0 Å². The number of nitrogens with zero attached hydrogens (tertiary/aromatic N) is 1. The lowest BCUT2D eigenvalue weighted by Gasteiger charge is -2.13. The minimum absolute atomic E-state index is 0.403. The molecule has 3 heteroatoms. The van der Waals surface area contributed by atoms with Gasteiger partial charge in [-0.2, -0.15) is 0 Å². The van der Waals surface area contributed by atoms with Gasteiger partial charge in [-0.15, -0.1) is 0 Å². The second-order valence-electron chi connectivity index (χ2n) is 5.83. The molecule has 2 N–H and O–H groups in total. The minimum Gasteiger partial charge on any atom is -0.387 e. The SMILES string of the molecule is CNCC(O)c1ccc2c(c1)c1ccccc1n2C(C)C. The maximum atomic E-state index is 10.2. The van der Waals surface area contributed by atoms with Crippen LogP contribution in [-0.4, -0.2) is 23.3 Å². The fourth-order valence-corrected chi connectivity index (χ4v) is 3.10. The Morgan fingerprint density at radius 1 is 1.05 bits per heavy atom. The van der Waals surface area contributed by atoms with Crippen molar-refractivity contribution in [1.82, 2.24) is 9.88 Å². The minimum atomic E-state index is -0.472. The molecule has 21 heavy (non-hydrogen) atoms. The number of likely N-dealkylation sites (N-methyl/N-ethyl adjacent to an activating group) is 1. The Morgan fingerprint density at radius 2 is 1.76 bits per heavy atom. The molecule has 0 aliphatic rings. The summed E-state index contributed by atoms with van der Waals surface area (Å²) in [7, 11) is 1.85. The van der Waals surface area contributed by atoms with Crippen molar-refractivity contribution in [2.45, 2.75) is 26.0 Å². The molecule has 1 unspecified atom stereocenters. The molecule has 110 valence electrons. The highest BCUT2D eigenvalue weighted by Crippen LogP contribution is 2.33. The van der Waals surface area contributed by atoms with Crippen LogP contribution in [0.25, 0.3) is 21.8 Å². The molecule has 1 heterocycles. The first-order valence-corrected chi connectivity index (χ1v) is 7.48. The zero-order valence-electron chi connectivity index (χ0n) is 12.8. The van der Waals surface area contributed by atoms with Crippen LogP contribution in [0.2, 0.25) is 0 Å². The summed E-state index contributed by atoms with van der Waals surface area (Å²) in [5, 5.41) is 15.7. The van der Waals surface area contributed by atoms with Gasteiger partial charge in [-0.1, -0.05) is 24.3 Å². The van der Waals surface area contributed by atoms with Gasteiger partial charge in [0.05, 0.1) is 6.10 Å². The zero-order chi connectivity index (χ0) is 15.0. The highest BCUT2D eigenvalue weighted by Gasteiger charge is 2.14. The summed E-state index contributed by atoms with van der Waals surface area (Å²) in [6.07, 6.45) is -0.472. The van der Waals surface area contributed by atoms with Gasteiger partial charge in [0.15, 0.2) is 0 Å². The summed E-state index contributed by atoms with van der Waals surface area (Å²) >= 11 is 0. The van der Waals surface area contributed by atoms with Crippen molar-refractivity contribution in [2.24, 2.45) is 0 Å². The van der Waals surface area contributed by atoms with E-state index in [1.807, 2.05) is 13.1 Å². The molecule has 3 aromatic rings. The average Bonchev–Trinajstić information content (AvgIpc) is 2.81. The standard InChI is InChI=1S/C18H22N2O/c1-12(2)20-16-7-5-4-6-14(16)15-10-13(8-9-17(15)20)18(21)11-19-3/h4-10,12,18-19,21H,11H2,1-3H3. The van der Waals surface area contributed by atoms with E-state index in [2.05, 4.69) is 60.1 Å². The van der Waals surface area contributed by atoms with E-state index in [0.717, 1.165) is 5.56 Å². The summed E-state index contributed by atoms with van der Waals surface area (Å²) in [6.45, 7) is 4.97. The molecule has 3 rings (SSSR count). The Bertz CT molecular complexity index is 773. The highest BCUT2D eigenvalue weighted by molar-refractivity contribution is 6.08. The summed E-state index contributed by atoms with van der Waals surface area (Å²) in [4.78, 5) is 0. The summed E-state index contributed by atoms with van der Waals surface area (Å²) < 4.78 is 2.36. The van der Waals surface area contributed by atoms with E-state index in [1.165, 1.54) is 21.8 Å². The van der Waals surface area contributed by atoms with Crippen molar-refractivity contribution in [3.63, 3.8) is 0 Å². The van der Waals surface area contributed by atoms with Crippen LogP contribution in [-0.2, 0) is 0 Å². The van der Waals surface area contributed by atoms with Gasteiger partial charge in [-0.05, 0) is 44.7 Å². The maximum absolute atomic E-state index is 10.2. The molecular formula is C18H22N2O. The lowest BCUT2D eigenvalue weighted by atomic mass is 10.1. The molecule has 0 radical (unpaired) electrons. The van der Waals surface area contributed by atoms with Crippen LogP contribution >= 0.6 is 0 Å². The number of aliphatic hydroxyl groups is 1. The van der Waals surface area contributed by atoms with Gasteiger partial charge in [0.25, 0.3) is 0 Å². The van der Waals surface area contributed by atoms with E-state index in [9.17, 15) is 5.11 Å². The van der Waals surface area contributed by atoms with Crippen LogP contribution in [0.4, 0.5) is 0 Å². The summed E-state index contributed by atoms with van der Waals surface area (Å²) in [5.74, 6) is 0. The molecule has 0 saturated heterocycles. The second-order valence-corrected chi connectivity index (χ2v) is 5.83. The largest absolute Gasteiger partial charge is 0.387 e. The van der Waals surface area contributed by atoms with E-state index in [4.69, 9.17) is 0 Å². The Balaban J connectivity index is 2.28. The van der Waals surface area contributed by atoms with Gasteiger partial charge in [-0.3, -0.25) is 0 Å².